The van der Waals surface area contributed by atoms with Gasteiger partial charge in [0.2, 0.25) is 10.0 Å². The van der Waals surface area contributed by atoms with Gasteiger partial charge < -0.3 is 10.2 Å². The number of hydrogen-bond donors (Lipinski definition) is 2. The fraction of sp³-hybridized carbons (Fsp3) is 0.696. The Morgan fingerprint density at radius 1 is 1.10 bits per heavy atom. The smallest absolute Gasteiger partial charge is 0.278 e. The predicted molar refractivity (Wildman–Crippen MR) is 117 cm³/mol. The van der Waals surface area contributed by atoms with E-state index >= 15 is 0 Å². The summed E-state index contributed by atoms with van der Waals surface area (Å²) in [6.45, 7) is 6.46. The minimum atomic E-state index is -3.46. The third-order valence-corrected chi connectivity index (χ3v) is 9.41. The number of aryl methyl sites for hydroxylation is 2. The molecule has 1 heterocycles. The first-order chi connectivity index (χ1) is 14.4. The van der Waals surface area contributed by atoms with Gasteiger partial charge in [0.25, 0.3) is 5.91 Å². The summed E-state index contributed by atoms with van der Waals surface area (Å²) >= 11 is 0. The summed E-state index contributed by atoms with van der Waals surface area (Å²) in [5.74, 6) is 0.651. The number of piperazine rings is 1. The van der Waals surface area contributed by atoms with Crippen molar-refractivity contribution in [2.24, 2.45) is 5.92 Å². The van der Waals surface area contributed by atoms with Crippen molar-refractivity contribution in [2.75, 3.05) is 26.2 Å². The molecule has 3 atom stereocenters. The van der Waals surface area contributed by atoms with Gasteiger partial charge in [-0.15, -0.1) is 0 Å². The van der Waals surface area contributed by atoms with Gasteiger partial charge in [0.1, 0.15) is 0 Å². The van der Waals surface area contributed by atoms with E-state index in [2.05, 4.69) is 12.2 Å². The second-order valence-electron chi connectivity index (χ2n) is 9.44. The average Bonchev–Trinajstić information content (AvgIpc) is 3.23. The molecule has 1 aromatic rings. The average molecular weight is 435 g/mol. The van der Waals surface area contributed by atoms with Gasteiger partial charge in [-0.25, -0.2) is 8.42 Å². The Bertz CT molecular complexity index is 878. The Balaban J connectivity index is 1.34. The van der Waals surface area contributed by atoms with Crippen LogP contribution in [0.2, 0.25) is 0 Å². The Hall–Kier alpha value is -1.44. The molecule has 1 saturated heterocycles. The molecule has 1 aliphatic heterocycles. The minimum absolute atomic E-state index is 0.110. The summed E-state index contributed by atoms with van der Waals surface area (Å²) in [4.78, 5) is 14.4. The van der Waals surface area contributed by atoms with Crippen molar-refractivity contribution in [1.29, 1.82) is 0 Å². The van der Waals surface area contributed by atoms with Crippen molar-refractivity contribution < 1.29 is 18.1 Å². The number of fused-ring (bicyclic) bond motifs is 1. The zero-order chi connectivity index (χ0) is 21.3. The van der Waals surface area contributed by atoms with Crippen molar-refractivity contribution in [2.45, 2.75) is 75.8 Å². The number of sulfonamides is 1. The lowest BCUT2D eigenvalue weighted by Crippen LogP contribution is -3.19. The summed E-state index contributed by atoms with van der Waals surface area (Å²) in [5.41, 5.74) is 2.47. The number of benzene rings is 1. The van der Waals surface area contributed by atoms with Gasteiger partial charge in [0, 0.05) is 6.04 Å². The van der Waals surface area contributed by atoms with E-state index in [0.717, 1.165) is 25.7 Å². The fourth-order valence-corrected chi connectivity index (χ4v) is 6.82. The highest BCUT2D eigenvalue weighted by Crippen LogP contribution is 2.26. The summed E-state index contributed by atoms with van der Waals surface area (Å²) in [6.07, 6.45) is 7.85. The van der Waals surface area contributed by atoms with Gasteiger partial charge in [0.05, 0.1) is 31.1 Å². The molecule has 0 aromatic heterocycles. The molecule has 6 nitrogen and oxygen atoms in total. The lowest BCUT2D eigenvalue weighted by atomic mass is 9.86. The number of hydrogen-bond acceptors (Lipinski definition) is 3. The quantitative estimate of drug-likeness (QED) is 0.730. The van der Waals surface area contributed by atoms with Crippen LogP contribution in [0.25, 0.3) is 0 Å². The molecule has 2 N–H and O–H groups in total. The van der Waals surface area contributed by atoms with E-state index in [1.807, 2.05) is 19.1 Å². The molecule has 0 unspecified atom stereocenters. The highest BCUT2D eigenvalue weighted by atomic mass is 32.2. The van der Waals surface area contributed by atoms with E-state index in [0.29, 0.717) is 37.0 Å². The van der Waals surface area contributed by atoms with Crippen molar-refractivity contribution in [3.8, 4) is 0 Å². The number of nitrogens with zero attached hydrogens (tertiary/aromatic N) is 1. The molecular formula is C23H36N3O3S+. The largest absolute Gasteiger partial charge is 0.348 e. The first-order valence-electron chi connectivity index (χ1n) is 11.6. The molecule has 2 fully saturated rings. The first kappa shape index (κ1) is 21.8. The maximum absolute atomic E-state index is 13.1. The Morgan fingerprint density at radius 2 is 1.80 bits per heavy atom. The van der Waals surface area contributed by atoms with Crippen LogP contribution >= 0.6 is 0 Å². The van der Waals surface area contributed by atoms with Crippen LogP contribution in [0.1, 0.15) is 57.1 Å². The number of amides is 1. The molecule has 4 rings (SSSR count). The van der Waals surface area contributed by atoms with Crippen molar-refractivity contribution >= 4 is 15.9 Å². The third-order valence-electron chi connectivity index (χ3n) is 7.52. The van der Waals surface area contributed by atoms with E-state index in [9.17, 15) is 13.2 Å². The standard InChI is InChI=1S/C23H35N3O3S/c1-17-6-3-4-9-22(17)24-23(27)18(2)25-12-14-26(15-13-25)30(28,29)21-11-10-19-7-5-8-20(19)16-21/h10-11,16-18,22H,3-9,12-15H2,1-2H3,(H,24,27)/p+1/t17-,18+,22+/m0/s1. The second kappa shape index (κ2) is 8.97. The van der Waals surface area contributed by atoms with E-state index in [1.54, 1.807) is 10.4 Å². The van der Waals surface area contributed by atoms with Crippen molar-refractivity contribution in [1.82, 2.24) is 9.62 Å². The number of nitrogens with one attached hydrogen (secondary N) is 2. The molecule has 1 saturated carbocycles. The fourth-order valence-electron chi connectivity index (χ4n) is 5.33. The van der Waals surface area contributed by atoms with Crippen LogP contribution in [0.4, 0.5) is 0 Å². The Kier molecular flexibility index (Phi) is 6.51. The van der Waals surface area contributed by atoms with Crippen LogP contribution in [0.5, 0.6) is 0 Å². The molecule has 3 aliphatic rings. The van der Waals surface area contributed by atoms with E-state index in [4.69, 9.17) is 0 Å². The number of quaternary nitrogens is 1. The number of carbonyl (C=O) groups excluding carboxylic acids is 1. The second-order valence-corrected chi connectivity index (χ2v) is 11.4. The van der Waals surface area contributed by atoms with Crippen molar-refractivity contribution in [3.05, 3.63) is 29.3 Å². The maximum atomic E-state index is 13.1. The molecular weight excluding hydrogens is 398 g/mol. The molecule has 1 amide bonds. The summed E-state index contributed by atoms with van der Waals surface area (Å²) in [6, 6.07) is 5.76. The van der Waals surface area contributed by atoms with Gasteiger partial charge in [0.15, 0.2) is 6.04 Å². The normalized spacial score (nSPS) is 26.9. The molecule has 1 aromatic carbocycles. The number of carbonyl (C=O) groups is 1. The van der Waals surface area contributed by atoms with Gasteiger partial charge >= 0.3 is 0 Å². The topological polar surface area (TPSA) is 70.9 Å². The molecule has 2 aliphatic carbocycles. The monoisotopic (exact) mass is 434 g/mol. The highest BCUT2D eigenvalue weighted by molar-refractivity contribution is 7.89. The van der Waals surface area contributed by atoms with Crippen LogP contribution in [-0.4, -0.2) is 56.9 Å². The van der Waals surface area contributed by atoms with Crippen molar-refractivity contribution in [3.63, 3.8) is 0 Å². The Labute approximate surface area is 181 Å². The van der Waals surface area contributed by atoms with E-state index in [-0.39, 0.29) is 18.0 Å². The number of rotatable bonds is 5. The molecule has 0 spiro atoms. The summed E-state index contributed by atoms with van der Waals surface area (Å²) in [5, 5.41) is 3.27. The predicted octanol–water partition coefficient (Wildman–Crippen LogP) is 1.15. The molecule has 0 radical (unpaired) electrons. The Morgan fingerprint density at radius 3 is 2.53 bits per heavy atom. The lowest BCUT2D eigenvalue weighted by molar-refractivity contribution is -0.917. The van der Waals surface area contributed by atoms with Crippen LogP contribution < -0.4 is 10.2 Å². The molecule has 7 heteroatoms. The minimum Gasteiger partial charge on any atom is -0.348 e. The van der Waals surface area contributed by atoms with Gasteiger partial charge in [-0.05, 0) is 68.2 Å². The van der Waals surface area contributed by atoms with Crippen LogP contribution in [0, 0.1) is 5.92 Å². The van der Waals surface area contributed by atoms with E-state index < -0.39 is 10.0 Å². The van der Waals surface area contributed by atoms with Crippen LogP contribution in [-0.2, 0) is 27.7 Å². The van der Waals surface area contributed by atoms with Gasteiger partial charge in [-0.3, -0.25) is 4.79 Å². The SMILES string of the molecule is C[C@H](C(=O)N[C@@H]1CCCC[C@@H]1C)[NH+]1CCN(S(=O)(=O)c2ccc3c(c2)CCC3)CC1. The summed E-state index contributed by atoms with van der Waals surface area (Å²) in [7, 11) is -3.46. The van der Waals surface area contributed by atoms with Gasteiger partial charge in [-0.1, -0.05) is 25.8 Å². The lowest BCUT2D eigenvalue weighted by Gasteiger charge is -2.36. The highest BCUT2D eigenvalue weighted by Gasteiger charge is 2.36. The van der Waals surface area contributed by atoms with E-state index in [1.165, 1.54) is 35.3 Å². The maximum Gasteiger partial charge on any atom is 0.278 e. The van der Waals surface area contributed by atoms with Gasteiger partial charge in [-0.2, -0.15) is 4.31 Å². The molecule has 166 valence electrons. The van der Waals surface area contributed by atoms with Crippen LogP contribution in [0.3, 0.4) is 0 Å². The first-order valence-corrected chi connectivity index (χ1v) is 13.1. The van der Waals surface area contributed by atoms with Crippen LogP contribution in [0.15, 0.2) is 23.1 Å². The molecule has 0 bridgehead atoms. The third kappa shape index (κ3) is 4.43. The summed E-state index contributed by atoms with van der Waals surface area (Å²) < 4.78 is 27.9. The zero-order valence-electron chi connectivity index (χ0n) is 18.3. The molecule has 30 heavy (non-hydrogen) atoms. The zero-order valence-corrected chi connectivity index (χ0v) is 19.1.